The van der Waals surface area contributed by atoms with Gasteiger partial charge >= 0.3 is 6.03 Å². The second-order valence-corrected chi connectivity index (χ2v) is 8.70. The Bertz CT molecular complexity index is 660. The van der Waals surface area contributed by atoms with Gasteiger partial charge in [0.15, 0.2) is 0 Å². The molecule has 0 radical (unpaired) electrons. The van der Waals surface area contributed by atoms with E-state index in [1.54, 1.807) is 24.3 Å². The molecule has 0 spiro atoms. The molecule has 1 aliphatic heterocycles. The highest BCUT2D eigenvalue weighted by atomic mass is 16.5. The van der Waals surface area contributed by atoms with Crippen molar-refractivity contribution in [3.63, 3.8) is 0 Å². The number of piperidine rings is 1. The summed E-state index contributed by atoms with van der Waals surface area (Å²) in [5, 5.41) is 6.02. The van der Waals surface area contributed by atoms with Crippen molar-refractivity contribution in [2.24, 2.45) is 5.92 Å². The van der Waals surface area contributed by atoms with Gasteiger partial charge in [0.05, 0.1) is 6.10 Å². The van der Waals surface area contributed by atoms with Crippen molar-refractivity contribution in [2.75, 3.05) is 25.0 Å². The van der Waals surface area contributed by atoms with Crippen LogP contribution < -0.4 is 10.6 Å². The number of ether oxygens (including phenoxy) is 1. The fourth-order valence-electron chi connectivity index (χ4n) is 3.94. The predicted molar refractivity (Wildman–Crippen MR) is 115 cm³/mol. The lowest BCUT2D eigenvalue weighted by Gasteiger charge is -2.32. The fraction of sp³-hybridized carbons (Fsp3) is 0.652. The zero-order valence-corrected chi connectivity index (χ0v) is 17.8. The summed E-state index contributed by atoms with van der Waals surface area (Å²) in [6.45, 7) is 6.62. The highest BCUT2D eigenvalue weighted by molar-refractivity contribution is 5.95. The number of benzene rings is 1. The number of nitrogens with zero attached hydrogens (tertiary/aromatic N) is 1. The minimum Gasteiger partial charge on any atom is -0.378 e. The van der Waals surface area contributed by atoms with Crippen molar-refractivity contribution >= 4 is 17.6 Å². The largest absolute Gasteiger partial charge is 0.378 e. The molecule has 29 heavy (non-hydrogen) atoms. The van der Waals surface area contributed by atoms with E-state index >= 15 is 0 Å². The van der Waals surface area contributed by atoms with E-state index in [1.807, 2.05) is 4.90 Å². The lowest BCUT2D eigenvalue weighted by Crippen LogP contribution is -2.43. The van der Waals surface area contributed by atoms with Crippen molar-refractivity contribution in [3.8, 4) is 0 Å². The molecule has 2 fully saturated rings. The maximum absolute atomic E-state index is 12.5. The Morgan fingerprint density at radius 1 is 1.07 bits per heavy atom. The molecule has 2 N–H and O–H groups in total. The molecule has 1 aliphatic carbocycles. The molecular formula is C23H35N3O3. The van der Waals surface area contributed by atoms with Crippen LogP contribution in [0, 0.1) is 5.92 Å². The standard InChI is InChI=1S/C23H35N3O3/c1-17(2)13-16-29-21-11-14-26(15-12-21)23(28)25-20-9-7-18(8-10-20)22(27)24-19-5-3-4-6-19/h7-10,17,19,21H,3-6,11-16H2,1-2H3,(H,24,27)(H,25,28). The van der Waals surface area contributed by atoms with Crippen LogP contribution in [0.3, 0.4) is 0 Å². The first-order valence-corrected chi connectivity index (χ1v) is 11.1. The van der Waals surface area contributed by atoms with Gasteiger partial charge in [-0.3, -0.25) is 4.79 Å². The highest BCUT2D eigenvalue weighted by Crippen LogP contribution is 2.19. The predicted octanol–water partition coefficient (Wildman–Crippen LogP) is 4.42. The van der Waals surface area contributed by atoms with Gasteiger partial charge in [-0.25, -0.2) is 4.79 Å². The van der Waals surface area contributed by atoms with E-state index in [0.717, 1.165) is 38.7 Å². The van der Waals surface area contributed by atoms with Gasteiger partial charge in [-0.15, -0.1) is 0 Å². The number of amides is 3. The topological polar surface area (TPSA) is 70.7 Å². The zero-order valence-electron chi connectivity index (χ0n) is 17.8. The smallest absolute Gasteiger partial charge is 0.321 e. The highest BCUT2D eigenvalue weighted by Gasteiger charge is 2.23. The lowest BCUT2D eigenvalue weighted by atomic mass is 10.1. The first kappa shape index (κ1) is 21.6. The maximum atomic E-state index is 12.5. The molecule has 6 nitrogen and oxygen atoms in total. The molecule has 1 aromatic rings. The van der Waals surface area contributed by atoms with Gasteiger partial charge in [-0.2, -0.15) is 0 Å². The Labute approximate surface area is 174 Å². The average Bonchev–Trinajstić information content (AvgIpc) is 3.22. The average molecular weight is 402 g/mol. The molecule has 160 valence electrons. The van der Waals surface area contributed by atoms with E-state index in [2.05, 4.69) is 24.5 Å². The molecule has 0 aromatic heterocycles. The Morgan fingerprint density at radius 2 is 1.72 bits per heavy atom. The van der Waals surface area contributed by atoms with Crippen LogP contribution in [0.5, 0.6) is 0 Å². The van der Waals surface area contributed by atoms with E-state index in [0.29, 0.717) is 36.3 Å². The number of urea groups is 1. The van der Waals surface area contributed by atoms with E-state index in [-0.39, 0.29) is 18.0 Å². The fourth-order valence-corrected chi connectivity index (χ4v) is 3.94. The number of anilines is 1. The molecule has 1 aromatic carbocycles. The SMILES string of the molecule is CC(C)CCOC1CCN(C(=O)Nc2ccc(C(=O)NC3CCCC3)cc2)CC1. The Kier molecular flexibility index (Phi) is 7.92. The molecular weight excluding hydrogens is 366 g/mol. The van der Waals surface area contributed by atoms with E-state index in [1.165, 1.54) is 12.8 Å². The first-order chi connectivity index (χ1) is 14.0. The van der Waals surface area contributed by atoms with Gasteiger partial charge < -0.3 is 20.3 Å². The minimum atomic E-state index is -0.0891. The molecule has 3 amide bonds. The third-order valence-electron chi connectivity index (χ3n) is 5.87. The summed E-state index contributed by atoms with van der Waals surface area (Å²) in [6, 6.07) is 7.35. The number of likely N-dealkylation sites (tertiary alicyclic amines) is 1. The molecule has 1 heterocycles. The number of nitrogens with one attached hydrogen (secondary N) is 2. The molecule has 2 aliphatic rings. The van der Waals surface area contributed by atoms with Gasteiger partial charge in [-0.05, 0) is 62.3 Å². The summed E-state index contributed by atoms with van der Waals surface area (Å²) < 4.78 is 5.93. The van der Waals surface area contributed by atoms with Crippen molar-refractivity contribution in [3.05, 3.63) is 29.8 Å². The van der Waals surface area contributed by atoms with Crippen molar-refractivity contribution in [1.82, 2.24) is 10.2 Å². The van der Waals surface area contributed by atoms with E-state index in [9.17, 15) is 9.59 Å². The van der Waals surface area contributed by atoms with E-state index < -0.39 is 0 Å². The third-order valence-corrected chi connectivity index (χ3v) is 5.87. The minimum absolute atomic E-state index is 0.0330. The van der Waals surface area contributed by atoms with Crippen molar-refractivity contribution in [1.29, 1.82) is 0 Å². The molecule has 1 saturated carbocycles. The molecule has 3 rings (SSSR count). The number of hydrogen-bond donors (Lipinski definition) is 2. The number of carbonyl (C=O) groups excluding carboxylic acids is 2. The van der Waals surface area contributed by atoms with Crippen LogP contribution in [-0.4, -0.2) is 48.7 Å². The van der Waals surface area contributed by atoms with Crippen LogP contribution in [0.4, 0.5) is 10.5 Å². The lowest BCUT2D eigenvalue weighted by molar-refractivity contribution is 0.0112. The Balaban J connectivity index is 1.41. The summed E-state index contributed by atoms with van der Waals surface area (Å²) in [5.74, 6) is 0.621. The van der Waals surface area contributed by atoms with Crippen LogP contribution >= 0.6 is 0 Å². The Morgan fingerprint density at radius 3 is 2.34 bits per heavy atom. The zero-order chi connectivity index (χ0) is 20.6. The van der Waals surface area contributed by atoms with Crippen molar-refractivity contribution < 1.29 is 14.3 Å². The van der Waals surface area contributed by atoms with Gasteiger partial charge in [0.2, 0.25) is 0 Å². The number of carbonyl (C=O) groups is 2. The maximum Gasteiger partial charge on any atom is 0.321 e. The second kappa shape index (κ2) is 10.6. The van der Waals surface area contributed by atoms with Gasteiger partial charge in [-0.1, -0.05) is 26.7 Å². The van der Waals surface area contributed by atoms with Gasteiger partial charge in [0.1, 0.15) is 0 Å². The summed E-state index contributed by atoms with van der Waals surface area (Å²) in [5.41, 5.74) is 1.34. The Hall–Kier alpha value is -2.08. The summed E-state index contributed by atoms with van der Waals surface area (Å²) in [4.78, 5) is 26.7. The van der Waals surface area contributed by atoms with Crippen LogP contribution in [0.1, 0.15) is 69.2 Å². The summed E-state index contributed by atoms with van der Waals surface area (Å²) in [6.07, 6.45) is 7.62. The van der Waals surface area contributed by atoms with Gasteiger partial charge in [0, 0.05) is 37.0 Å². The number of hydrogen-bond acceptors (Lipinski definition) is 3. The number of rotatable bonds is 7. The molecule has 0 unspecified atom stereocenters. The van der Waals surface area contributed by atoms with Crippen LogP contribution in [0.15, 0.2) is 24.3 Å². The van der Waals surface area contributed by atoms with E-state index in [4.69, 9.17) is 4.74 Å². The summed E-state index contributed by atoms with van der Waals surface area (Å²) >= 11 is 0. The second-order valence-electron chi connectivity index (χ2n) is 8.70. The first-order valence-electron chi connectivity index (χ1n) is 11.1. The quantitative estimate of drug-likeness (QED) is 0.711. The van der Waals surface area contributed by atoms with Gasteiger partial charge in [0.25, 0.3) is 5.91 Å². The molecule has 0 atom stereocenters. The summed E-state index contributed by atoms with van der Waals surface area (Å²) in [7, 11) is 0. The van der Waals surface area contributed by atoms with Crippen molar-refractivity contribution in [2.45, 2.75) is 70.9 Å². The monoisotopic (exact) mass is 401 g/mol. The van der Waals surface area contributed by atoms with Crippen LogP contribution in [0.25, 0.3) is 0 Å². The van der Waals surface area contributed by atoms with Crippen LogP contribution in [0.2, 0.25) is 0 Å². The molecule has 1 saturated heterocycles. The normalized spacial score (nSPS) is 18.2. The molecule has 6 heteroatoms. The molecule has 0 bridgehead atoms. The third kappa shape index (κ3) is 6.74. The van der Waals surface area contributed by atoms with Crippen LogP contribution in [-0.2, 0) is 4.74 Å².